The Balaban J connectivity index is 2.23. The highest BCUT2D eigenvalue weighted by Crippen LogP contribution is 2.40. The number of carbonyl (C=O) groups excluding carboxylic acids is 1. The van der Waals surface area contributed by atoms with Gasteiger partial charge in [0.05, 0.1) is 12.7 Å². The number of rotatable bonds is 6. The van der Waals surface area contributed by atoms with Gasteiger partial charge in [0.1, 0.15) is 29.3 Å². The van der Waals surface area contributed by atoms with Crippen LogP contribution in [0, 0.1) is 0 Å². The molecule has 0 bridgehead atoms. The maximum absolute atomic E-state index is 15.2. The van der Waals surface area contributed by atoms with Gasteiger partial charge in [-0.2, -0.15) is 0 Å². The van der Waals surface area contributed by atoms with Gasteiger partial charge in [0.15, 0.2) is 11.3 Å². The number of aliphatic hydroxyl groups excluding tert-OH is 1. The Morgan fingerprint density at radius 2 is 2.14 bits per heavy atom. The number of aliphatic hydroxyl groups is 1. The molecule has 9 heteroatoms. The van der Waals surface area contributed by atoms with Gasteiger partial charge in [0.25, 0.3) is 0 Å². The molecule has 0 aromatic rings. The Bertz CT molecular complexity index is 622. The highest BCUT2D eigenvalue weighted by molar-refractivity contribution is 8.14. The molecule has 28 heavy (non-hydrogen) atoms. The minimum atomic E-state index is -1.51. The second-order valence-corrected chi connectivity index (χ2v) is 8.71. The normalized spacial score (nSPS) is 30.8. The summed E-state index contributed by atoms with van der Waals surface area (Å²) in [5.74, 6) is 0. The minimum absolute atomic E-state index is 0.124. The van der Waals surface area contributed by atoms with Crippen LogP contribution in [-0.4, -0.2) is 76.0 Å². The average molecular weight is 417 g/mol. The molecule has 0 aromatic heterocycles. The maximum atomic E-state index is 15.2. The van der Waals surface area contributed by atoms with E-state index in [-0.39, 0.29) is 13.2 Å². The molecular weight excluding hydrogens is 387 g/mol. The number of fused-ring (bicyclic) bond motifs is 1. The van der Waals surface area contributed by atoms with Crippen molar-refractivity contribution in [2.24, 2.45) is 4.99 Å². The number of alkyl halides is 1. The van der Waals surface area contributed by atoms with Crippen LogP contribution in [0.4, 0.5) is 9.18 Å². The van der Waals surface area contributed by atoms with E-state index in [2.05, 4.69) is 18.2 Å². The summed E-state index contributed by atoms with van der Waals surface area (Å²) in [4.78, 5) is 18.2. The SMILES string of the molecule is C=CCO[C@H]1[C@H](F)[C@H]2N=C(N(CC=C)C(=O)OC(C)(C)C)S[C@H]2O[C@@H]1C(C)O. The van der Waals surface area contributed by atoms with Crippen molar-refractivity contribution in [3.8, 4) is 0 Å². The molecule has 0 aliphatic carbocycles. The van der Waals surface area contributed by atoms with E-state index in [1.807, 2.05) is 0 Å². The van der Waals surface area contributed by atoms with Crippen molar-refractivity contribution < 1.29 is 28.5 Å². The van der Waals surface area contributed by atoms with Crippen molar-refractivity contribution in [2.45, 2.75) is 69.3 Å². The van der Waals surface area contributed by atoms with Crippen LogP contribution in [0.2, 0.25) is 0 Å². The monoisotopic (exact) mass is 416 g/mol. The lowest BCUT2D eigenvalue weighted by atomic mass is 9.96. The zero-order valence-electron chi connectivity index (χ0n) is 16.7. The smallest absolute Gasteiger partial charge is 0.416 e. The van der Waals surface area contributed by atoms with Crippen LogP contribution < -0.4 is 0 Å². The van der Waals surface area contributed by atoms with Gasteiger partial charge in [-0.1, -0.05) is 23.9 Å². The van der Waals surface area contributed by atoms with E-state index in [4.69, 9.17) is 14.2 Å². The molecule has 158 valence electrons. The highest BCUT2D eigenvalue weighted by atomic mass is 32.2. The highest BCUT2D eigenvalue weighted by Gasteiger charge is 2.52. The molecule has 2 heterocycles. The first-order valence-corrected chi connectivity index (χ1v) is 10.0. The fraction of sp³-hybridized carbons (Fsp3) is 0.684. The van der Waals surface area contributed by atoms with Crippen LogP contribution in [0.15, 0.2) is 30.3 Å². The lowest BCUT2D eigenvalue weighted by Crippen LogP contribution is -2.57. The van der Waals surface area contributed by atoms with E-state index in [1.165, 1.54) is 24.0 Å². The van der Waals surface area contributed by atoms with Gasteiger partial charge < -0.3 is 19.3 Å². The Morgan fingerprint density at radius 3 is 2.68 bits per heavy atom. The van der Waals surface area contributed by atoms with Gasteiger partial charge in [0, 0.05) is 6.54 Å². The molecule has 1 fully saturated rings. The lowest BCUT2D eigenvalue weighted by Gasteiger charge is -2.40. The Hall–Kier alpha value is -1.42. The predicted octanol–water partition coefficient (Wildman–Crippen LogP) is 2.90. The first-order chi connectivity index (χ1) is 13.1. The second kappa shape index (κ2) is 9.39. The zero-order valence-corrected chi connectivity index (χ0v) is 17.5. The molecule has 1 N–H and O–H groups in total. The molecule has 1 unspecified atom stereocenters. The summed E-state index contributed by atoms with van der Waals surface area (Å²) in [7, 11) is 0. The van der Waals surface area contributed by atoms with Gasteiger partial charge in [0.2, 0.25) is 0 Å². The molecule has 6 atom stereocenters. The number of hydrogen-bond donors (Lipinski definition) is 1. The standard InChI is InChI=1S/C19H29FN2O5S/c1-7-9-22(18(24)27-19(4,5)6)17-21-13-12(20)15(25-10-8-2)14(11(3)23)26-16(13)28-17/h7-8,11-16,23H,1-2,9-10H2,3-6H3/t11?,12-,13-,14-,15+,16-/m1/s1. The van der Waals surface area contributed by atoms with Crippen molar-refractivity contribution >= 4 is 23.0 Å². The molecule has 1 amide bonds. The minimum Gasteiger partial charge on any atom is -0.443 e. The Labute approximate surface area is 169 Å². The molecule has 0 radical (unpaired) electrons. The molecule has 0 spiro atoms. The van der Waals surface area contributed by atoms with Gasteiger partial charge in [-0.05, 0) is 27.7 Å². The lowest BCUT2D eigenvalue weighted by molar-refractivity contribution is -0.180. The third-order valence-electron chi connectivity index (χ3n) is 4.05. The average Bonchev–Trinajstić information content (AvgIpc) is 3.01. The third-order valence-corrected chi connectivity index (χ3v) is 5.21. The molecule has 1 saturated heterocycles. The summed E-state index contributed by atoms with van der Waals surface area (Å²) in [6.07, 6.45) is -1.84. The van der Waals surface area contributed by atoms with E-state index in [1.54, 1.807) is 20.8 Å². The van der Waals surface area contributed by atoms with E-state index in [0.717, 1.165) is 11.8 Å². The van der Waals surface area contributed by atoms with Crippen LogP contribution >= 0.6 is 11.8 Å². The Kier molecular flexibility index (Phi) is 7.66. The number of amidine groups is 1. The van der Waals surface area contributed by atoms with Gasteiger partial charge >= 0.3 is 6.09 Å². The summed E-state index contributed by atoms with van der Waals surface area (Å²) in [6.45, 7) is 14.3. The van der Waals surface area contributed by atoms with E-state index in [0.29, 0.717) is 5.17 Å². The third kappa shape index (κ3) is 5.34. The van der Waals surface area contributed by atoms with Crippen LogP contribution in [0.1, 0.15) is 27.7 Å². The van der Waals surface area contributed by atoms with Crippen LogP contribution in [0.3, 0.4) is 0 Å². The van der Waals surface area contributed by atoms with Crippen molar-refractivity contribution in [1.29, 1.82) is 0 Å². The van der Waals surface area contributed by atoms with Gasteiger partial charge in [-0.25, -0.2) is 9.18 Å². The van der Waals surface area contributed by atoms with Gasteiger partial charge in [-0.15, -0.1) is 13.2 Å². The molecule has 0 saturated carbocycles. The summed E-state index contributed by atoms with van der Waals surface area (Å²) in [5, 5.41) is 10.3. The summed E-state index contributed by atoms with van der Waals surface area (Å²) in [6, 6.07) is -0.862. The molecule has 2 aliphatic heterocycles. The summed E-state index contributed by atoms with van der Waals surface area (Å²) >= 11 is 1.13. The first kappa shape index (κ1) is 22.9. The van der Waals surface area contributed by atoms with Crippen LogP contribution in [-0.2, 0) is 14.2 Å². The van der Waals surface area contributed by atoms with E-state index < -0.39 is 47.7 Å². The Morgan fingerprint density at radius 1 is 1.46 bits per heavy atom. The van der Waals surface area contributed by atoms with Crippen molar-refractivity contribution in [3.05, 3.63) is 25.3 Å². The summed E-state index contributed by atoms with van der Waals surface area (Å²) < 4.78 is 32.0. The largest absolute Gasteiger partial charge is 0.443 e. The molecular formula is C19H29FN2O5S. The number of thioether (sulfide) groups is 1. The number of carbonyl (C=O) groups is 1. The number of ether oxygens (including phenoxy) is 3. The number of hydrogen-bond acceptors (Lipinski definition) is 7. The van der Waals surface area contributed by atoms with Crippen LogP contribution in [0.5, 0.6) is 0 Å². The van der Waals surface area contributed by atoms with E-state index in [9.17, 15) is 9.90 Å². The van der Waals surface area contributed by atoms with Gasteiger partial charge in [-0.3, -0.25) is 9.89 Å². The second-order valence-electron chi connectivity index (χ2n) is 7.64. The first-order valence-electron chi connectivity index (χ1n) is 9.15. The fourth-order valence-electron chi connectivity index (χ4n) is 2.89. The van der Waals surface area contributed by atoms with E-state index >= 15 is 4.39 Å². The van der Waals surface area contributed by atoms with Crippen molar-refractivity contribution in [2.75, 3.05) is 13.2 Å². The van der Waals surface area contributed by atoms with Crippen molar-refractivity contribution in [1.82, 2.24) is 4.90 Å². The fourth-order valence-corrected chi connectivity index (χ4v) is 4.10. The van der Waals surface area contributed by atoms with Crippen molar-refractivity contribution in [3.63, 3.8) is 0 Å². The topological polar surface area (TPSA) is 80.6 Å². The molecule has 2 rings (SSSR count). The number of halogens is 1. The number of amides is 1. The molecule has 7 nitrogen and oxygen atoms in total. The molecule has 0 aromatic carbocycles. The number of aliphatic imine (C=N–C) groups is 1. The molecule has 2 aliphatic rings. The zero-order chi connectivity index (χ0) is 21.1. The predicted molar refractivity (Wildman–Crippen MR) is 107 cm³/mol. The summed E-state index contributed by atoms with van der Waals surface area (Å²) in [5.41, 5.74) is -1.37. The number of nitrogens with zero attached hydrogens (tertiary/aromatic N) is 2. The maximum Gasteiger partial charge on any atom is 0.416 e. The van der Waals surface area contributed by atoms with Crippen LogP contribution in [0.25, 0.3) is 0 Å². The quantitative estimate of drug-likeness (QED) is 0.671.